The van der Waals surface area contributed by atoms with Crippen LogP contribution in [-0.2, 0) is 19.0 Å². The Morgan fingerprint density at radius 2 is 1.43 bits per heavy atom. The molecular weight excluding hydrogens is 400 g/mol. The van der Waals surface area contributed by atoms with E-state index in [4.69, 9.17) is 14.2 Å². The minimum atomic E-state index is -3.12. The third-order valence-corrected chi connectivity index (χ3v) is 3.55. The zero-order valence-corrected chi connectivity index (χ0v) is 19.0. The van der Waals surface area contributed by atoms with Crippen molar-refractivity contribution in [3.05, 3.63) is 12.7 Å². The Labute approximate surface area is 177 Å². The summed E-state index contributed by atoms with van der Waals surface area (Å²) in [4.78, 5) is 38.4. The number of hydrogen-bond acceptors (Lipinski definition) is 6. The number of hydrogen-bond donors (Lipinski definition) is 0. The minimum absolute atomic E-state index is 0.0569. The molecule has 0 N–H and O–H groups in total. The van der Waals surface area contributed by atoms with Crippen LogP contribution >= 0.6 is 0 Å². The summed E-state index contributed by atoms with van der Waals surface area (Å²) in [6.07, 6.45) is -2.63. The summed E-state index contributed by atoms with van der Waals surface area (Å²) >= 11 is 0. The summed E-state index contributed by atoms with van der Waals surface area (Å²) in [5, 5.41) is 0. The molecule has 1 atom stereocenters. The van der Waals surface area contributed by atoms with E-state index in [0.29, 0.717) is 4.90 Å². The van der Waals surface area contributed by atoms with Gasteiger partial charge >= 0.3 is 18.2 Å². The molecule has 0 spiro atoms. The number of allylic oxidation sites excluding steroid dienone is 1. The van der Waals surface area contributed by atoms with Gasteiger partial charge in [-0.05, 0) is 61.3 Å². The average molecular weight is 436 g/mol. The Morgan fingerprint density at radius 3 is 1.80 bits per heavy atom. The maximum Gasteiger partial charge on any atom is 0.420 e. The van der Waals surface area contributed by atoms with Crippen molar-refractivity contribution < 1.29 is 37.4 Å². The quantitative estimate of drug-likeness (QED) is 0.271. The second-order valence-corrected chi connectivity index (χ2v) is 8.82. The van der Waals surface area contributed by atoms with Gasteiger partial charge in [-0.3, -0.25) is 0 Å². The van der Waals surface area contributed by atoms with Gasteiger partial charge < -0.3 is 14.2 Å². The van der Waals surface area contributed by atoms with Crippen molar-refractivity contribution in [1.82, 2.24) is 4.90 Å². The molecule has 0 saturated heterocycles. The number of carbonyl (C=O) groups excluding carboxylic acids is 3. The van der Waals surface area contributed by atoms with Gasteiger partial charge in [0, 0.05) is 12.8 Å². The van der Waals surface area contributed by atoms with Gasteiger partial charge in [0.25, 0.3) is 0 Å². The molecule has 0 heterocycles. The lowest BCUT2D eigenvalue weighted by molar-refractivity contribution is -0.150. The lowest BCUT2D eigenvalue weighted by Gasteiger charge is -2.32. The molecule has 2 amide bonds. The maximum absolute atomic E-state index is 14.2. The van der Waals surface area contributed by atoms with Crippen molar-refractivity contribution in [2.75, 3.05) is 6.61 Å². The van der Waals surface area contributed by atoms with E-state index >= 15 is 0 Å². The number of alkyl halides is 2. The highest BCUT2D eigenvalue weighted by Gasteiger charge is 2.42. The van der Waals surface area contributed by atoms with E-state index in [1.165, 1.54) is 13.0 Å². The summed E-state index contributed by atoms with van der Waals surface area (Å²) in [5.74, 6) is -4.11. The van der Waals surface area contributed by atoms with E-state index in [1.807, 2.05) is 0 Å². The van der Waals surface area contributed by atoms with Gasteiger partial charge in [0.05, 0.1) is 6.61 Å². The van der Waals surface area contributed by atoms with Crippen LogP contribution in [0.25, 0.3) is 0 Å². The largest absolute Gasteiger partial charge is 0.464 e. The summed E-state index contributed by atoms with van der Waals surface area (Å²) in [7, 11) is 0. The number of halogens is 2. The molecular formula is C21H35F2NO6. The van der Waals surface area contributed by atoms with Crippen LogP contribution < -0.4 is 0 Å². The molecule has 7 nitrogen and oxygen atoms in total. The lowest BCUT2D eigenvalue weighted by atomic mass is 10.0. The van der Waals surface area contributed by atoms with Gasteiger partial charge in [-0.1, -0.05) is 6.08 Å². The Bertz CT molecular complexity index is 580. The fourth-order valence-electron chi connectivity index (χ4n) is 2.33. The van der Waals surface area contributed by atoms with Crippen molar-refractivity contribution in [2.45, 2.75) is 97.3 Å². The Hall–Kier alpha value is -2.19. The number of carbonyl (C=O) groups is 3. The smallest absolute Gasteiger partial charge is 0.420 e. The SMILES string of the molecule is C=CCCC(F)(F)CC[C@H](C(=O)OCC)N(C(=O)OC(C)(C)C)C(=O)OC(C)(C)C. The molecule has 0 aliphatic heterocycles. The van der Waals surface area contributed by atoms with E-state index in [0.717, 1.165) is 0 Å². The first-order chi connectivity index (χ1) is 13.5. The predicted molar refractivity (Wildman–Crippen MR) is 108 cm³/mol. The molecule has 0 aliphatic carbocycles. The average Bonchev–Trinajstić information content (AvgIpc) is 2.53. The predicted octanol–water partition coefficient (Wildman–Crippen LogP) is 5.47. The van der Waals surface area contributed by atoms with Crippen LogP contribution in [0.1, 0.15) is 74.1 Å². The van der Waals surface area contributed by atoms with E-state index in [1.54, 1.807) is 41.5 Å². The molecule has 0 fully saturated rings. The first-order valence-electron chi connectivity index (χ1n) is 9.93. The number of esters is 1. The Kier molecular flexibility index (Phi) is 10.4. The van der Waals surface area contributed by atoms with Crippen molar-refractivity contribution in [3.63, 3.8) is 0 Å². The van der Waals surface area contributed by atoms with Gasteiger partial charge in [-0.25, -0.2) is 23.2 Å². The third kappa shape index (κ3) is 11.1. The van der Waals surface area contributed by atoms with Crippen LogP contribution in [-0.4, -0.2) is 52.8 Å². The molecule has 9 heteroatoms. The molecule has 0 aromatic rings. The van der Waals surface area contributed by atoms with E-state index in [9.17, 15) is 23.2 Å². The summed E-state index contributed by atoms with van der Waals surface area (Å²) in [6.45, 7) is 14.3. The molecule has 0 aromatic heterocycles. The van der Waals surface area contributed by atoms with Crippen LogP contribution in [0.4, 0.5) is 18.4 Å². The molecule has 0 radical (unpaired) electrons. The highest BCUT2D eigenvalue weighted by atomic mass is 19.3. The molecule has 0 rings (SSSR count). The van der Waals surface area contributed by atoms with Crippen LogP contribution in [0.2, 0.25) is 0 Å². The fourth-order valence-corrected chi connectivity index (χ4v) is 2.33. The molecule has 0 aromatic carbocycles. The van der Waals surface area contributed by atoms with Crippen molar-refractivity contribution >= 4 is 18.2 Å². The molecule has 0 bridgehead atoms. The molecule has 0 aliphatic rings. The maximum atomic E-state index is 14.2. The van der Waals surface area contributed by atoms with E-state index in [2.05, 4.69) is 6.58 Å². The highest BCUT2D eigenvalue weighted by Crippen LogP contribution is 2.29. The topological polar surface area (TPSA) is 82.1 Å². The number of amides is 2. The molecule has 174 valence electrons. The lowest BCUT2D eigenvalue weighted by Crippen LogP contribution is -2.52. The molecule has 0 unspecified atom stereocenters. The van der Waals surface area contributed by atoms with Crippen molar-refractivity contribution in [3.8, 4) is 0 Å². The zero-order valence-electron chi connectivity index (χ0n) is 19.0. The normalized spacial score (nSPS) is 13.2. The minimum Gasteiger partial charge on any atom is -0.464 e. The van der Waals surface area contributed by atoms with Gasteiger partial charge in [0.1, 0.15) is 17.2 Å². The van der Waals surface area contributed by atoms with E-state index < -0.39 is 60.6 Å². The molecule has 30 heavy (non-hydrogen) atoms. The molecule has 0 saturated carbocycles. The van der Waals surface area contributed by atoms with Crippen LogP contribution in [0.5, 0.6) is 0 Å². The van der Waals surface area contributed by atoms with Crippen LogP contribution in [0.15, 0.2) is 12.7 Å². The number of ether oxygens (including phenoxy) is 3. The fraction of sp³-hybridized carbons (Fsp3) is 0.762. The summed E-state index contributed by atoms with van der Waals surface area (Å²) < 4.78 is 43.7. The standard InChI is InChI=1S/C21H35F2NO6/c1-9-11-13-21(22,23)14-12-15(16(25)28-10-2)24(17(26)29-19(3,4)5)18(27)30-20(6,7)8/h9,15H,1,10-14H2,2-8H3/t15-/m1/s1. The highest BCUT2D eigenvalue weighted by molar-refractivity contribution is 5.94. The summed E-state index contributed by atoms with van der Waals surface area (Å²) in [6, 6.07) is -1.62. The second kappa shape index (κ2) is 11.3. The van der Waals surface area contributed by atoms with Crippen molar-refractivity contribution in [1.29, 1.82) is 0 Å². The van der Waals surface area contributed by atoms with Crippen LogP contribution in [0.3, 0.4) is 0 Å². The van der Waals surface area contributed by atoms with Gasteiger partial charge in [-0.15, -0.1) is 6.58 Å². The van der Waals surface area contributed by atoms with Crippen LogP contribution in [0, 0.1) is 0 Å². The van der Waals surface area contributed by atoms with Crippen molar-refractivity contribution in [2.24, 2.45) is 0 Å². The number of rotatable bonds is 9. The zero-order chi connectivity index (χ0) is 23.8. The Balaban J connectivity index is 5.93. The number of nitrogens with zero attached hydrogens (tertiary/aromatic N) is 1. The van der Waals surface area contributed by atoms with Gasteiger partial charge in [-0.2, -0.15) is 4.90 Å². The number of imide groups is 1. The van der Waals surface area contributed by atoms with E-state index in [-0.39, 0.29) is 13.0 Å². The Morgan fingerprint density at radius 1 is 0.967 bits per heavy atom. The first-order valence-corrected chi connectivity index (χ1v) is 9.93. The van der Waals surface area contributed by atoms with Gasteiger partial charge in [0.15, 0.2) is 0 Å². The first kappa shape index (κ1) is 27.8. The third-order valence-electron chi connectivity index (χ3n) is 3.55. The van der Waals surface area contributed by atoms with Gasteiger partial charge in [0.2, 0.25) is 5.92 Å². The monoisotopic (exact) mass is 435 g/mol. The summed E-state index contributed by atoms with van der Waals surface area (Å²) in [5.41, 5.74) is -1.99. The second-order valence-electron chi connectivity index (χ2n) is 8.82.